The third-order valence-electron chi connectivity index (χ3n) is 3.35. The predicted molar refractivity (Wildman–Crippen MR) is 88.1 cm³/mol. The molecule has 0 amide bonds. The molecule has 1 aromatic carbocycles. The Balaban J connectivity index is 0.000000774. The lowest BCUT2D eigenvalue weighted by atomic mass is 10.1. The minimum Gasteiger partial charge on any atom is -0.486 e. The molecule has 0 atom stereocenters. The van der Waals surface area contributed by atoms with Crippen LogP contribution in [-0.2, 0) is 6.61 Å². The summed E-state index contributed by atoms with van der Waals surface area (Å²) in [6.45, 7) is 6.47. The van der Waals surface area contributed by atoms with Crippen LogP contribution in [0, 0.1) is 6.92 Å². The van der Waals surface area contributed by atoms with Crippen molar-refractivity contribution in [2.75, 3.05) is 0 Å². The number of aromatic nitrogens is 1. The maximum atomic E-state index is 6.14. The maximum Gasteiger partial charge on any atom is 0.138 e. The minimum atomic E-state index is 0.462. The molecule has 1 aromatic heterocycles. The molecule has 1 heterocycles. The highest BCUT2D eigenvalue weighted by Crippen LogP contribution is 2.40. The van der Waals surface area contributed by atoms with Crippen molar-refractivity contribution in [1.29, 1.82) is 0 Å². The summed E-state index contributed by atoms with van der Waals surface area (Å²) in [5.41, 5.74) is 3.47. The van der Waals surface area contributed by atoms with Crippen LogP contribution in [0.25, 0.3) is 0 Å². The van der Waals surface area contributed by atoms with Gasteiger partial charge in [-0.15, -0.1) is 0 Å². The predicted octanol–water partition coefficient (Wildman–Crippen LogP) is 5.53. The zero-order valence-corrected chi connectivity index (χ0v) is 13.7. The topological polar surface area (TPSA) is 22.1 Å². The van der Waals surface area contributed by atoms with Gasteiger partial charge in [0, 0.05) is 6.20 Å². The van der Waals surface area contributed by atoms with Crippen LogP contribution in [0.5, 0.6) is 5.75 Å². The van der Waals surface area contributed by atoms with Crippen LogP contribution in [0.1, 0.15) is 49.4 Å². The fourth-order valence-electron chi connectivity index (χ4n) is 2.12. The van der Waals surface area contributed by atoms with E-state index in [0.717, 1.165) is 17.2 Å². The highest BCUT2D eigenvalue weighted by Gasteiger charge is 2.23. The van der Waals surface area contributed by atoms with E-state index in [2.05, 4.69) is 17.1 Å². The molecule has 0 spiro atoms. The first-order chi connectivity index (χ1) is 10.2. The molecule has 0 aliphatic heterocycles. The maximum absolute atomic E-state index is 6.14. The Morgan fingerprint density at radius 2 is 1.95 bits per heavy atom. The summed E-state index contributed by atoms with van der Waals surface area (Å²) in [5.74, 6) is 1.45. The second-order valence-corrected chi connectivity index (χ2v) is 5.48. The number of pyridine rings is 1. The minimum absolute atomic E-state index is 0.462. The number of aryl methyl sites for hydroxylation is 1. The Labute approximate surface area is 132 Å². The van der Waals surface area contributed by atoms with E-state index in [4.69, 9.17) is 16.3 Å². The standard InChI is InChI=1S/C16H16ClNO.C2H6/c1-11-2-5-16(15(17)8-11)19-10-14-9-13(6-7-18-14)12-3-4-12;1-2/h2,5-9,12H,3-4,10H2,1H3;1-2H3. The van der Waals surface area contributed by atoms with E-state index in [9.17, 15) is 0 Å². The first-order valence-corrected chi connectivity index (χ1v) is 7.94. The van der Waals surface area contributed by atoms with Crippen molar-refractivity contribution in [3.05, 3.63) is 58.4 Å². The van der Waals surface area contributed by atoms with Crippen molar-refractivity contribution >= 4 is 11.6 Å². The van der Waals surface area contributed by atoms with Crippen molar-refractivity contribution in [2.24, 2.45) is 0 Å². The molecule has 3 rings (SSSR count). The molecule has 1 saturated carbocycles. The fraction of sp³-hybridized carbons (Fsp3) is 0.389. The third-order valence-corrected chi connectivity index (χ3v) is 3.65. The van der Waals surface area contributed by atoms with Crippen molar-refractivity contribution in [1.82, 2.24) is 4.98 Å². The van der Waals surface area contributed by atoms with Crippen LogP contribution in [0.2, 0.25) is 5.02 Å². The zero-order chi connectivity index (χ0) is 15.2. The van der Waals surface area contributed by atoms with Crippen molar-refractivity contribution < 1.29 is 4.74 Å². The first kappa shape index (κ1) is 15.8. The summed E-state index contributed by atoms with van der Waals surface area (Å²) >= 11 is 6.14. The van der Waals surface area contributed by atoms with E-state index in [-0.39, 0.29) is 0 Å². The molecule has 2 aromatic rings. The largest absolute Gasteiger partial charge is 0.486 e. The van der Waals surface area contributed by atoms with Gasteiger partial charge in [0.25, 0.3) is 0 Å². The Kier molecular flexibility index (Phi) is 5.63. The molecule has 1 fully saturated rings. The highest BCUT2D eigenvalue weighted by molar-refractivity contribution is 6.32. The van der Waals surface area contributed by atoms with Gasteiger partial charge >= 0.3 is 0 Å². The molecule has 21 heavy (non-hydrogen) atoms. The quantitative estimate of drug-likeness (QED) is 0.741. The molecule has 2 nitrogen and oxygen atoms in total. The molecular weight excluding hydrogens is 282 g/mol. The zero-order valence-electron chi connectivity index (χ0n) is 12.9. The van der Waals surface area contributed by atoms with Gasteiger partial charge in [-0.3, -0.25) is 4.98 Å². The lowest BCUT2D eigenvalue weighted by Crippen LogP contribution is -1.99. The smallest absolute Gasteiger partial charge is 0.138 e. The normalized spacial score (nSPS) is 13.3. The lowest BCUT2D eigenvalue weighted by Gasteiger charge is -2.09. The Bertz CT molecular complexity index is 594. The number of halogens is 1. The van der Waals surface area contributed by atoms with Gasteiger partial charge in [0.15, 0.2) is 0 Å². The molecule has 0 radical (unpaired) electrons. The highest BCUT2D eigenvalue weighted by atomic mass is 35.5. The number of rotatable bonds is 4. The summed E-state index contributed by atoms with van der Waals surface area (Å²) in [5, 5.41) is 0.651. The van der Waals surface area contributed by atoms with Gasteiger partial charge in [0.1, 0.15) is 12.4 Å². The van der Waals surface area contributed by atoms with Gasteiger partial charge < -0.3 is 4.74 Å². The van der Waals surface area contributed by atoms with Crippen LogP contribution in [0.15, 0.2) is 36.5 Å². The molecule has 3 heteroatoms. The fourth-order valence-corrected chi connectivity index (χ4v) is 2.41. The van der Waals surface area contributed by atoms with Crippen molar-refractivity contribution in [3.8, 4) is 5.75 Å². The Morgan fingerprint density at radius 3 is 2.62 bits per heavy atom. The van der Waals surface area contributed by atoms with E-state index in [1.807, 2.05) is 45.2 Å². The Morgan fingerprint density at radius 1 is 1.19 bits per heavy atom. The van der Waals surface area contributed by atoms with Gasteiger partial charge in [0.2, 0.25) is 0 Å². The van der Waals surface area contributed by atoms with Gasteiger partial charge in [-0.05, 0) is 61.1 Å². The van der Waals surface area contributed by atoms with Gasteiger partial charge in [-0.25, -0.2) is 0 Å². The number of benzene rings is 1. The number of nitrogens with zero attached hydrogens (tertiary/aromatic N) is 1. The molecule has 112 valence electrons. The monoisotopic (exact) mass is 303 g/mol. The van der Waals surface area contributed by atoms with Crippen LogP contribution >= 0.6 is 11.6 Å². The average Bonchev–Trinajstić information content (AvgIpc) is 3.33. The second kappa shape index (κ2) is 7.46. The van der Waals surface area contributed by atoms with Gasteiger partial charge in [-0.1, -0.05) is 31.5 Å². The molecule has 0 bridgehead atoms. The summed E-state index contributed by atoms with van der Waals surface area (Å²) < 4.78 is 5.74. The van der Waals surface area contributed by atoms with Gasteiger partial charge in [0.05, 0.1) is 10.7 Å². The molecule has 1 aliphatic rings. The van der Waals surface area contributed by atoms with E-state index >= 15 is 0 Å². The van der Waals surface area contributed by atoms with Gasteiger partial charge in [-0.2, -0.15) is 0 Å². The SMILES string of the molecule is CC.Cc1ccc(OCc2cc(C3CC3)ccn2)c(Cl)c1. The molecule has 0 N–H and O–H groups in total. The summed E-state index contributed by atoms with van der Waals surface area (Å²) in [4.78, 5) is 4.34. The summed E-state index contributed by atoms with van der Waals surface area (Å²) in [6.07, 6.45) is 4.46. The molecule has 0 saturated heterocycles. The van der Waals surface area contributed by atoms with Crippen LogP contribution in [-0.4, -0.2) is 4.98 Å². The van der Waals surface area contributed by atoms with Crippen molar-refractivity contribution in [3.63, 3.8) is 0 Å². The van der Waals surface area contributed by atoms with Crippen LogP contribution in [0.3, 0.4) is 0 Å². The molecular formula is C18H22ClNO. The van der Waals surface area contributed by atoms with E-state index in [0.29, 0.717) is 17.4 Å². The van der Waals surface area contributed by atoms with E-state index < -0.39 is 0 Å². The number of hydrogen-bond donors (Lipinski definition) is 0. The van der Waals surface area contributed by atoms with Crippen LogP contribution < -0.4 is 4.74 Å². The summed E-state index contributed by atoms with van der Waals surface area (Å²) in [7, 11) is 0. The number of ether oxygens (including phenoxy) is 1. The van der Waals surface area contributed by atoms with Crippen molar-refractivity contribution in [2.45, 2.75) is 46.1 Å². The van der Waals surface area contributed by atoms with E-state index in [1.54, 1.807) is 0 Å². The van der Waals surface area contributed by atoms with Crippen LogP contribution in [0.4, 0.5) is 0 Å². The third kappa shape index (κ3) is 4.47. The first-order valence-electron chi connectivity index (χ1n) is 7.56. The van der Waals surface area contributed by atoms with E-state index in [1.165, 1.54) is 18.4 Å². The summed E-state index contributed by atoms with van der Waals surface area (Å²) in [6, 6.07) is 10.0. The number of hydrogen-bond acceptors (Lipinski definition) is 2. The lowest BCUT2D eigenvalue weighted by molar-refractivity contribution is 0.301. The second-order valence-electron chi connectivity index (χ2n) is 5.08. The molecule has 1 aliphatic carbocycles. The Hall–Kier alpha value is -1.54. The molecule has 0 unspecified atom stereocenters. The average molecular weight is 304 g/mol.